The van der Waals surface area contributed by atoms with Crippen molar-refractivity contribution in [1.82, 2.24) is 14.2 Å². The Balaban J connectivity index is 1.69. The molecule has 1 N–H and O–H groups in total. The summed E-state index contributed by atoms with van der Waals surface area (Å²) in [6.45, 7) is 8.51. The molecule has 0 radical (unpaired) electrons. The van der Waals surface area contributed by atoms with Crippen LogP contribution in [0.5, 0.6) is 0 Å². The zero-order valence-corrected chi connectivity index (χ0v) is 17.9. The number of rotatable bonds is 9. The summed E-state index contributed by atoms with van der Waals surface area (Å²) in [6.07, 6.45) is 1.43. The molecule has 0 unspecified atom stereocenters. The van der Waals surface area contributed by atoms with Gasteiger partial charge in [0.05, 0.1) is 19.3 Å². The standard InChI is InChI=1S/C21H30N4O3S/c1-3-24(4-2)20(18-8-6-5-7-9-18)17-23-21-11-10-19(16-22-21)29(26,27)25-12-14-28-15-13-25/h5-11,16,20H,3-4,12-15,17H2,1-2H3,(H,22,23)/t20-/m0/s1. The molecule has 29 heavy (non-hydrogen) atoms. The van der Waals surface area contributed by atoms with E-state index in [1.807, 2.05) is 6.07 Å². The first kappa shape index (κ1) is 21.7. The summed E-state index contributed by atoms with van der Waals surface area (Å²) < 4.78 is 32.1. The molecular formula is C21H30N4O3S. The Morgan fingerprint density at radius 1 is 1.10 bits per heavy atom. The van der Waals surface area contributed by atoms with Crippen LogP contribution in [0.25, 0.3) is 0 Å². The monoisotopic (exact) mass is 418 g/mol. The van der Waals surface area contributed by atoms with Gasteiger partial charge < -0.3 is 10.1 Å². The van der Waals surface area contributed by atoms with Gasteiger partial charge in [0.15, 0.2) is 0 Å². The molecule has 0 bridgehead atoms. The fraction of sp³-hybridized carbons (Fsp3) is 0.476. The number of nitrogens with zero attached hydrogens (tertiary/aromatic N) is 3. The molecule has 0 saturated carbocycles. The normalized spacial score (nSPS) is 16.7. The van der Waals surface area contributed by atoms with Gasteiger partial charge in [0.25, 0.3) is 0 Å². The average Bonchev–Trinajstić information content (AvgIpc) is 2.78. The molecule has 2 heterocycles. The molecule has 7 nitrogen and oxygen atoms in total. The number of benzene rings is 1. The lowest BCUT2D eigenvalue weighted by Crippen LogP contribution is -2.40. The molecule has 0 amide bonds. The molecule has 1 atom stereocenters. The molecule has 2 aromatic rings. The van der Waals surface area contributed by atoms with Gasteiger partial charge in [0.2, 0.25) is 10.0 Å². The maximum absolute atomic E-state index is 12.7. The molecule has 1 fully saturated rings. The fourth-order valence-corrected chi connectivity index (χ4v) is 4.93. The number of hydrogen-bond donors (Lipinski definition) is 1. The van der Waals surface area contributed by atoms with Crippen LogP contribution in [0.2, 0.25) is 0 Å². The van der Waals surface area contributed by atoms with Crippen LogP contribution in [0.3, 0.4) is 0 Å². The number of ether oxygens (including phenoxy) is 1. The van der Waals surface area contributed by atoms with E-state index in [0.29, 0.717) is 38.7 Å². The number of likely N-dealkylation sites (N-methyl/N-ethyl adjacent to an activating group) is 1. The second-order valence-electron chi connectivity index (χ2n) is 6.92. The first-order valence-corrected chi connectivity index (χ1v) is 11.6. The summed E-state index contributed by atoms with van der Waals surface area (Å²) in [5.74, 6) is 0.666. The minimum Gasteiger partial charge on any atom is -0.379 e. The fourth-order valence-electron chi connectivity index (χ4n) is 3.57. The van der Waals surface area contributed by atoms with Crippen LogP contribution in [-0.2, 0) is 14.8 Å². The second kappa shape index (κ2) is 10.2. The number of aromatic nitrogens is 1. The first-order chi connectivity index (χ1) is 14.1. The zero-order valence-electron chi connectivity index (χ0n) is 17.1. The third-order valence-corrected chi connectivity index (χ3v) is 7.14. The maximum atomic E-state index is 12.7. The van der Waals surface area contributed by atoms with E-state index >= 15 is 0 Å². The minimum atomic E-state index is -3.52. The van der Waals surface area contributed by atoms with Gasteiger partial charge in [0.1, 0.15) is 10.7 Å². The molecule has 8 heteroatoms. The van der Waals surface area contributed by atoms with E-state index in [0.717, 1.165) is 13.1 Å². The number of morpholine rings is 1. The molecule has 1 aromatic heterocycles. The molecule has 0 aliphatic carbocycles. The van der Waals surface area contributed by atoms with Crippen molar-refractivity contribution in [3.8, 4) is 0 Å². The quantitative estimate of drug-likeness (QED) is 0.675. The van der Waals surface area contributed by atoms with E-state index in [2.05, 4.69) is 53.3 Å². The Hall–Kier alpha value is -2.00. The van der Waals surface area contributed by atoms with Crippen molar-refractivity contribution < 1.29 is 13.2 Å². The van der Waals surface area contributed by atoms with Crippen LogP contribution in [0, 0.1) is 0 Å². The van der Waals surface area contributed by atoms with Crippen molar-refractivity contribution in [2.24, 2.45) is 0 Å². The van der Waals surface area contributed by atoms with E-state index < -0.39 is 10.0 Å². The van der Waals surface area contributed by atoms with Gasteiger partial charge in [0, 0.05) is 25.8 Å². The predicted molar refractivity (Wildman–Crippen MR) is 114 cm³/mol. The van der Waals surface area contributed by atoms with Crippen LogP contribution in [0.1, 0.15) is 25.5 Å². The number of pyridine rings is 1. The van der Waals surface area contributed by atoms with Gasteiger partial charge >= 0.3 is 0 Å². The summed E-state index contributed by atoms with van der Waals surface area (Å²) in [5.41, 5.74) is 1.25. The summed E-state index contributed by atoms with van der Waals surface area (Å²) in [4.78, 5) is 6.95. The van der Waals surface area contributed by atoms with Crippen molar-refractivity contribution in [3.05, 3.63) is 54.2 Å². The lowest BCUT2D eigenvalue weighted by molar-refractivity contribution is 0.0730. The van der Waals surface area contributed by atoms with Crippen LogP contribution in [0.15, 0.2) is 53.6 Å². The van der Waals surface area contributed by atoms with E-state index in [1.54, 1.807) is 12.1 Å². The second-order valence-corrected chi connectivity index (χ2v) is 8.86. The van der Waals surface area contributed by atoms with Crippen molar-refractivity contribution >= 4 is 15.8 Å². The Kier molecular flexibility index (Phi) is 7.60. The Morgan fingerprint density at radius 2 is 1.79 bits per heavy atom. The minimum absolute atomic E-state index is 0.213. The van der Waals surface area contributed by atoms with Gasteiger partial charge in [-0.2, -0.15) is 4.31 Å². The highest BCUT2D eigenvalue weighted by atomic mass is 32.2. The van der Waals surface area contributed by atoms with Crippen molar-refractivity contribution in [2.75, 3.05) is 51.3 Å². The summed E-state index contributed by atoms with van der Waals surface area (Å²) in [5, 5.41) is 3.37. The maximum Gasteiger partial charge on any atom is 0.244 e. The molecule has 158 valence electrons. The molecule has 1 aliphatic rings. The molecular weight excluding hydrogens is 388 g/mol. The van der Waals surface area contributed by atoms with Gasteiger partial charge in [-0.1, -0.05) is 44.2 Å². The zero-order chi connectivity index (χ0) is 20.7. The number of sulfonamides is 1. The van der Waals surface area contributed by atoms with E-state index in [9.17, 15) is 8.42 Å². The predicted octanol–water partition coefficient (Wildman–Crippen LogP) is 2.60. The number of nitrogens with one attached hydrogen (secondary N) is 1. The molecule has 1 saturated heterocycles. The number of anilines is 1. The van der Waals surface area contributed by atoms with Crippen LogP contribution >= 0.6 is 0 Å². The van der Waals surface area contributed by atoms with Gasteiger partial charge in [-0.05, 0) is 30.8 Å². The third-order valence-electron chi connectivity index (χ3n) is 5.26. The SMILES string of the molecule is CCN(CC)[C@@H](CNc1ccc(S(=O)(=O)N2CCOCC2)cn1)c1ccccc1. The molecule has 1 aliphatic heterocycles. The first-order valence-electron chi connectivity index (χ1n) is 10.1. The lowest BCUT2D eigenvalue weighted by Gasteiger charge is -2.30. The Bertz CT molecular complexity index is 849. The van der Waals surface area contributed by atoms with Crippen LogP contribution in [0.4, 0.5) is 5.82 Å². The van der Waals surface area contributed by atoms with Crippen molar-refractivity contribution in [1.29, 1.82) is 0 Å². The topological polar surface area (TPSA) is 74.8 Å². The van der Waals surface area contributed by atoms with Gasteiger partial charge in [-0.3, -0.25) is 4.90 Å². The highest BCUT2D eigenvalue weighted by Crippen LogP contribution is 2.22. The summed E-state index contributed by atoms with van der Waals surface area (Å²) in [6, 6.07) is 14.0. The van der Waals surface area contributed by atoms with E-state index in [4.69, 9.17) is 4.74 Å². The summed E-state index contributed by atoms with van der Waals surface area (Å²) >= 11 is 0. The molecule has 0 spiro atoms. The number of hydrogen-bond acceptors (Lipinski definition) is 6. The van der Waals surface area contributed by atoms with Crippen LogP contribution in [-0.4, -0.2) is 68.5 Å². The molecule has 3 rings (SSSR count). The summed E-state index contributed by atoms with van der Waals surface area (Å²) in [7, 11) is -3.52. The Labute approximate surface area is 173 Å². The van der Waals surface area contributed by atoms with Gasteiger partial charge in [-0.15, -0.1) is 0 Å². The van der Waals surface area contributed by atoms with Crippen molar-refractivity contribution in [2.45, 2.75) is 24.8 Å². The highest BCUT2D eigenvalue weighted by Gasteiger charge is 2.26. The van der Waals surface area contributed by atoms with E-state index in [1.165, 1.54) is 16.1 Å². The Morgan fingerprint density at radius 3 is 2.38 bits per heavy atom. The average molecular weight is 419 g/mol. The third kappa shape index (κ3) is 5.33. The largest absolute Gasteiger partial charge is 0.379 e. The highest BCUT2D eigenvalue weighted by molar-refractivity contribution is 7.89. The lowest BCUT2D eigenvalue weighted by atomic mass is 10.1. The van der Waals surface area contributed by atoms with Crippen molar-refractivity contribution in [3.63, 3.8) is 0 Å². The van der Waals surface area contributed by atoms with Crippen LogP contribution < -0.4 is 5.32 Å². The van der Waals surface area contributed by atoms with E-state index in [-0.39, 0.29) is 10.9 Å². The van der Waals surface area contributed by atoms with Gasteiger partial charge in [-0.25, -0.2) is 13.4 Å². The molecule has 1 aromatic carbocycles. The smallest absolute Gasteiger partial charge is 0.244 e.